The number of nitrogens with zero attached hydrogens (tertiary/aromatic N) is 2. The van der Waals surface area contributed by atoms with Crippen LogP contribution in [-0.2, 0) is 0 Å². The summed E-state index contributed by atoms with van der Waals surface area (Å²) < 4.78 is 0. The normalized spacial score (nSPS) is 21.8. The minimum absolute atomic E-state index is 0.0121. The van der Waals surface area contributed by atoms with Crippen molar-refractivity contribution in [3.05, 3.63) is 33.1 Å². The second kappa shape index (κ2) is 6.85. The van der Waals surface area contributed by atoms with Crippen LogP contribution in [0.3, 0.4) is 0 Å². The minimum Gasteiger partial charge on any atom is -0.349 e. The van der Waals surface area contributed by atoms with Gasteiger partial charge in [-0.15, -0.1) is 0 Å². The van der Waals surface area contributed by atoms with Crippen LogP contribution in [-0.4, -0.2) is 21.9 Å². The third-order valence-electron chi connectivity index (χ3n) is 4.03. The summed E-state index contributed by atoms with van der Waals surface area (Å²) >= 11 is 5.89. The first-order chi connectivity index (χ1) is 10.0. The quantitative estimate of drug-likeness (QED) is 0.525. The molecule has 0 aliphatic heterocycles. The molecule has 1 aromatic rings. The van der Waals surface area contributed by atoms with Crippen molar-refractivity contribution < 1.29 is 9.72 Å². The summed E-state index contributed by atoms with van der Waals surface area (Å²) in [6, 6.07) is 1.28. The average molecular weight is 312 g/mol. The maximum Gasteiger partial charge on any atom is 0.288 e. The molecule has 1 aliphatic rings. The molecule has 0 spiro atoms. The summed E-state index contributed by atoms with van der Waals surface area (Å²) in [5, 5.41) is 13.7. The van der Waals surface area contributed by atoms with Crippen molar-refractivity contribution in [2.24, 2.45) is 5.92 Å². The Morgan fingerprint density at radius 1 is 1.52 bits per heavy atom. The fraction of sp³-hybridized carbons (Fsp3) is 0.571. The van der Waals surface area contributed by atoms with E-state index in [1.54, 1.807) is 0 Å². The highest BCUT2D eigenvalue weighted by Crippen LogP contribution is 2.27. The number of hydrogen-bond donors (Lipinski definition) is 1. The second-order valence-electron chi connectivity index (χ2n) is 5.32. The maximum absolute atomic E-state index is 12.3. The van der Waals surface area contributed by atoms with Crippen LogP contribution in [0.25, 0.3) is 0 Å². The number of amides is 1. The first-order valence-corrected chi connectivity index (χ1v) is 7.51. The smallest absolute Gasteiger partial charge is 0.288 e. The van der Waals surface area contributed by atoms with Gasteiger partial charge in [0.05, 0.1) is 10.5 Å². The van der Waals surface area contributed by atoms with Crippen LogP contribution in [0.15, 0.2) is 12.3 Å². The van der Waals surface area contributed by atoms with E-state index in [-0.39, 0.29) is 28.4 Å². The third kappa shape index (κ3) is 3.69. The third-order valence-corrected chi connectivity index (χ3v) is 4.33. The van der Waals surface area contributed by atoms with Gasteiger partial charge >= 0.3 is 0 Å². The zero-order valence-corrected chi connectivity index (χ0v) is 12.6. The Hall–Kier alpha value is -1.69. The van der Waals surface area contributed by atoms with E-state index >= 15 is 0 Å². The van der Waals surface area contributed by atoms with Crippen LogP contribution in [0.2, 0.25) is 5.15 Å². The van der Waals surface area contributed by atoms with Crippen molar-refractivity contribution in [2.75, 3.05) is 0 Å². The van der Waals surface area contributed by atoms with Gasteiger partial charge in [-0.3, -0.25) is 14.9 Å². The second-order valence-corrected chi connectivity index (χ2v) is 5.68. The Kier molecular flexibility index (Phi) is 5.12. The van der Waals surface area contributed by atoms with E-state index in [0.29, 0.717) is 5.92 Å². The number of nitro groups is 1. The fourth-order valence-corrected chi connectivity index (χ4v) is 3.02. The van der Waals surface area contributed by atoms with Crippen LogP contribution >= 0.6 is 11.6 Å². The average Bonchev–Trinajstić information content (AvgIpc) is 2.47. The van der Waals surface area contributed by atoms with Gasteiger partial charge in [0, 0.05) is 12.1 Å². The number of pyridine rings is 1. The van der Waals surface area contributed by atoms with Crippen molar-refractivity contribution >= 4 is 23.2 Å². The highest BCUT2D eigenvalue weighted by molar-refractivity contribution is 6.32. The molecule has 0 aromatic carbocycles. The molecule has 114 valence electrons. The van der Waals surface area contributed by atoms with E-state index in [4.69, 9.17) is 11.6 Å². The van der Waals surface area contributed by atoms with Crippen molar-refractivity contribution in [1.82, 2.24) is 10.3 Å². The van der Waals surface area contributed by atoms with E-state index in [9.17, 15) is 14.9 Å². The van der Waals surface area contributed by atoms with E-state index in [2.05, 4.69) is 17.2 Å². The fourth-order valence-electron chi connectivity index (χ4n) is 2.83. The standard InChI is InChI=1S/C14H18ClN3O3/c1-2-9-5-3-4-6-12(9)17-14(19)11-7-10(18(20)21)8-16-13(11)15/h7-9,12H,2-6H2,1H3,(H,17,19). The molecule has 1 amide bonds. The van der Waals surface area contributed by atoms with Crippen LogP contribution in [0.1, 0.15) is 49.4 Å². The number of carbonyl (C=O) groups excluding carboxylic acids is 1. The minimum atomic E-state index is -0.588. The number of hydrogen-bond acceptors (Lipinski definition) is 4. The molecule has 7 heteroatoms. The molecule has 2 unspecified atom stereocenters. The number of rotatable bonds is 4. The van der Waals surface area contributed by atoms with Crippen molar-refractivity contribution in [3.8, 4) is 0 Å². The Morgan fingerprint density at radius 2 is 2.24 bits per heavy atom. The monoisotopic (exact) mass is 311 g/mol. The van der Waals surface area contributed by atoms with Crippen molar-refractivity contribution in [3.63, 3.8) is 0 Å². The summed E-state index contributed by atoms with van der Waals surface area (Å²) in [6.45, 7) is 2.11. The van der Waals surface area contributed by atoms with Gasteiger partial charge in [0.1, 0.15) is 11.3 Å². The van der Waals surface area contributed by atoms with Gasteiger partial charge in [0.2, 0.25) is 0 Å². The van der Waals surface area contributed by atoms with Gasteiger partial charge in [0.15, 0.2) is 0 Å². The van der Waals surface area contributed by atoms with Crippen molar-refractivity contribution in [2.45, 2.75) is 45.1 Å². The lowest BCUT2D eigenvalue weighted by Crippen LogP contribution is -2.42. The van der Waals surface area contributed by atoms with E-state index in [1.807, 2.05) is 0 Å². The number of halogens is 1. The Labute approximate surface area is 128 Å². The molecule has 0 radical (unpaired) electrons. The first-order valence-electron chi connectivity index (χ1n) is 7.13. The molecule has 6 nitrogen and oxygen atoms in total. The zero-order chi connectivity index (χ0) is 15.4. The van der Waals surface area contributed by atoms with Gasteiger partial charge in [-0.25, -0.2) is 4.98 Å². The van der Waals surface area contributed by atoms with Crippen LogP contribution in [0.4, 0.5) is 5.69 Å². The largest absolute Gasteiger partial charge is 0.349 e. The first kappa shape index (κ1) is 15.7. The Bertz CT molecular complexity index is 550. The number of nitrogens with one attached hydrogen (secondary N) is 1. The van der Waals surface area contributed by atoms with E-state index < -0.39 is 4.92 Å². The van der Waals surface area contributed by atoms with Gasteiger partial charge in [0.25, 0.3) is 11.6 Å². The summed E-state index contributed by atoms with van der Waals surface area (Å²) in [7, 11) is 0. The van der Waals surface area contributed by atoms with Crippen LogP contribution < -0.4 is 5.32 Å². The summed E-state index contributed by atoms with van der Waals surface area (Å²) in [5.74, 6) is 0.0645. The van der Waals surface area contributed by atoms with Gasteiger partial charge in [-0.05, 0) is 18.8 Å². The molecule has 1 heterocycles. The molecule has 0 bridgehead atoms. The summed E-state index contributed by atoms with van der Waals surface area (Å²) in [6.07, 6.45) is 6.36. The Morgan fingerprint density at radius 3 is 2.90 bits per heavy atom. The molecule has 1 aliphatic carbocycles. The van der Waals surface area contributed by atoms with Gasteiger partial charge < -0.3 is 5.32 Å². The lowest BCUT2D eigenvalue weighted by Gasteiger charge is -2.31. The molecular formula is C14H18ClN3O3. The number of carbonyl (C=O) groups is 1. The maximum atomic E-state index is 12.3. The molecule has 1 N–H and O–H groups in total. The molecule has 2 rings (SSSR count). The lowest BCUT2D eigenvalue weighted by atomic mass is 9.83. The lowest BCUT2D eigenvalue weighted by molar-refractivity contribution is -0.385. The van der Waals surface area contributed by atoms with Crippen LogP contribution in [0, 0.1) is 16.0 Å². The van der Waals surface area contributed by atoms with Gasteiger partial charge in [-0.2, -0.15) is 0 Å². The predicted octanol–water partition coefficient (Wildman–Crippen LogP) is 3.34. The van der Waals surface area contributed by atoms with E-state index in [1.165, 1.54) is 12.5 Å². The highest BCUT2D eigenvalue weighted by atomic mass is 35.5. The molecule has 1 saturated carbocycles. The Balaban J connectivity index is 2.16. The predicted molar refractivity (Wildman–Crippen MR) is 79.4 cm³/mol. The molecule has 2 atom stereocenters. The summed E-state index contributed by atoms with van der Waals surface area (Å²) in [5.41, 5.74) is -0.175. The SMILES string of the molecule is CCC1CCCCC1NC(=O)c1cc([N+](=O)[O-])cnc1Cl. The molecular weight excluding hydrogens is 294 g/mol. The molecule has 0 saturated heterocycles. The zero-order valence-electron chi connectivity index (χ0n) is 11.8. The molecule has 1 fully saturated rings. The van der Waals surface area contributed by atoms with Gasteiger partial charge in [-0.1, -0.05) is 37.8 Å². The highest BCUT2D eigenvalue weighted by Gasteiger charge is 2.26. The van der Waals surface area contributed by atoms with Crippen LogP contribution in [0.5, 0.6) is 0 Å². The van der Waals surface area contributed by atoms with E-state index in [0.717, 1.165) is 31.9 Å². The van der Waals surface area contributed by atoms with Crippen molar-refractivity contribution in [1.29, 1.82) is 0 Å². The number of aromatic nitrogens is 1. The molecule has 21 heavy (non-hydrogen) atoms. The summed E-state index contributed by atoms with van der Waals surface area (Å²) in [4.78, 5) is 26.2. The molecule has 1 aromatic heterocycles. The topological polar surface area (TPSA) is 85.1 Å².